The summed E-state index contributed by atoms with van der Waals surface area (Å²) < 4.78 is 6.14. The van der Waals surface area contributed by atoms with Crippen molar-refractivity contribution in [2.75, 3.05) is 18.0 Å². The number of aryl methyl sites for hydroxylation is 2. The molecule has 6 heteroatoms. The van der Waals surface area contributed by atoms with Crippen LogP contribution in [0, 0.1) is 18.3 Å². The molecule has 1 unspecified atom stereocenters. The normalized spacial score (nSPS) is 17.0. The number of anilines is 1. The first-order chi connectivity index (χ1) is 16.3. The molecule has 3 heterocycles. The average molecular weight is 482 g/mol. The van der Waals surface area contributed by atoms with E-state index in [9.17, 15) is 9.90 Å². The second kappa shape index (κ2) is 10.7. The molecular weight excluding hydrogens is 438 g/mol. The molecule has 0 aromatic carbocycles. The first kappa shape index (κ1) is 27.1. The Balaban J connectivity index is 2.19. The molecule has 6 nitrogen and oxygen atoms in total. The van der Waals surface area contributed by atoms with Gasteiger partial charge in [-0.15, -0.1) is 0 Å². The third kappa shape index (κ3) is 7.03. The zero-order valence-electron chi connectivity index (χ0n) is 22.8. The van der Waals surface area contributed by atoms with E-state index in [-0.39, 0.29) is 5.41 Å². The standard InChI is InChI=1S/C29H43N3O3/c1-19(2)9-10-21-15-22(17-30-16-21)23-18-31-20(3)24(26(27(33)34)35-28(4,5)6)25(23)32-13-11-29(7,8)12-14-32/h15-19,26H,9-14H2,1-8H3,(H,33,34). The van der Waals surface area contributed by atoms with Crippen molar-refractivity contribution in [3.05, 3.63) is 41.5 Å². The van der Waals surface area contributed by atoms with Crippen molar-refractivity contribution in [2.45, 2.75) is 92.8 Å². The molecule has 0 spiro atoms. The molecule has 35 heavy (non-hydrogen) atoms. The number of hydrogen-bond acceptors (Lipinski definition) is 5. The van der Waals surface area contributed by atoms with Crippen LogP contribution in [0.4, 0.5) is 5.69 Å². The summed E-state index contributed by atoms with van der Waals surface area (Å²) in [7, 11) is 0. The number of pyridine rings is 2. The second-order valence-electron chi connectivity index (χ2n) is 12.1. The Kier molecular flexibility index (Phi) is 8.25. The lowest BCUT2D eigenvalue weighted by Gasteiger charge is -2.41. The summed E-state index contributed by atoms with van der Waals surface area (Å²) in [6.07, 6.45) is 8.71. The molecule has 1 fully saturated rings. The molecule has 0 saturated carbocycles. The maximum Gasteiger partial charge on any atom is 0.337 e. The van der Waals surface area contributed by atoms with Crippen molar-refractivity contribution < 1.29 is 14.6 Å². The highest BCUT2D eigenvalue weighted by atomic mass is 16.5. The van der Waals surface area contributed by atoms with E-state index in [0.29, 0.717) is 17.2 Å². The van der Waals surface area contributed by atoms with Gasteiger partial charge in [0.1, 0.15) is 0 Å². The van der Waals surface area contributed by atoms with Crippen molar-refractivity contribution in [3.8, 4) is 11.1 Å². The monoisotopic (exact) mass is 481 g/mol. The predicted octanol–water partition coefficient (Wildman–Crippen LogP) is 6.61. The van der Waals surface area contributed by atoms with Crippen molar-refractivity contribution in [1.82, 2.24) is 9.97 Å². The summed E-state index contributed by atoms with van der Waals surface area (Å²) in [5.74, 6) is -0.381. The van der Waals surface area contributed by atoms with Crippen LogP contribution < -0.4 is 4.90 Å². The molecule has 2 aromatic heterocycles. The Morgan fingerprint density at radius 2 is 1.83 bits per heavy atom. The van der Waals surface area contributed by atoms with Crippen LogP contribution in [-0.2, 0) is 16.0 Å². The van der Waals surface area contributed by atoms with Gasteiger partial charge in [0, 0.05) is 54.1 Å². The van der Waals surface area contributed by atoms with E-state index in [1.165, 1.54) is 5.56 Å². The van der Waals surface area contributed by atoms with E-state index in [0.717, 1.165) is 55.6 Å². The molecule has 1 aliphatic rings. The highest BCUT2D eigenvalue weighted by molar-refractivity contribution is 5.86. The molecule has 1 saturated heterocycles. The molecule has 1 aliphatic heterocycles. The van der Waals surface area contributed by atoms with E-state index < -0.39 is 17.7 Å². The van der Waals surface area contributed by atoms with Crippen LogP contribution in [-0.4, -0.2) is 39.7 Å². The summed E-state index contributed by atoms with van der Waals surface area (Å²) in [6, 6.07) is 2.18. The van der Waals surface area contributed by atoms with Gasteiger partial charge in [-0.1, -0.05) is 27.7 Å². The van der Waals surface area contributed by atoms with E-state index >= 15 is 0 Å². The van der Waals surface area contributed by atoms with Gasteiger partial charge >= 0.3 is 5.97 Å². The lowest BCUT2D eigenvalue weighted by atomic mass is 9.82. The van der Waals surface area contributed by atoms with Crippen LogP contribution >= 0.6 is 0 Å². The summed E-state index contributed by atoms with van der Waals surface area (Å²) in [5, 5.41) is 10.3. The Morgan fingerprint density at radius 3 is 2.40 bits per heavy atom. The molecule has 1 N–H and O–H groups in total. The van der Waals surface area contributed by atoms with Crippen molar-refractivity contribution in [3.63, 3.8) is 0 Å². The number of aliphatic carboxylic acids is 1. The van der Waals surface area contributed by atoms with Crippen molar-refractivity contribution in [1.29, 1.82) is 0 Å². The summed E-state index contributed by atoms with van der Waals surface area (Å²) in [5.41, 5.74) is 4.99. The van der Waals surface area contributed by atoms with Gasteiger partial charge in [-0.3, -0.25) is 9.97 Å². The molecule has 0 bridgehead atoms. The van der Waals surface area contributed by atoms with E-state index in [1.807, 2.05) is 46.3 Å². The van der Waals surface area contributed by atoms with Gasteiger partial charge in [-0.2, -0.15) is 0 Å². The number of carbonyl (C=O) groups is 1. The van der Waals surface area contributed by atoms with Crippen LogP contribution in [0.3, 0.4) is 0 Å². The highest BCUT2D eigenvalue weighted by Crippen LogP contribution is 2.43. The summed E-state index contributed by atoms with van der Waals surface area (Å²) in [4.78, 5) is 24.1. The van der Waals surface area contributed by atoms with Gasteiger partial charge < -0.3 is 14.7 Å². The third-order valence-electron chi connectivity index (χ3n) is 6.79. The topological polar surface area (TPSA) is 75.5 Å². The summed E-state index contributed by atoms with van der Waals surface area (Å²) in [6.45, 7) is 18.3. The van der Waals surface area contributed by atoms with Crippen LogP contribution in [0.5, 0.6) is 0 Å². The lowest BCUT2D eigenvalue weighted by Crippen LogP contribution is -2.39. The first-order valence-corrected chi connectivity index (χ1v) is 12.9. The Morgan fingerprint density at radius 1 is 1.17 bits per heavy atom. The molecule has 3 rings (SSSR count). The molecule has 0 radical (unpaired) electrons. The van der Waals surface area contributed by atoms with E-state index in [1.54, 1.807) is 0 Å². The maximum atomic E-state index is 12.5. The SMILES string of the molecule is Cc1ncc(-c2cncc(CCC(C)C)c2)c(N2CCC(C)(C)CC2)c1C(OC(C)(C)C)C(=O)O. The van der Waals surface area contributed by atoms with Gasteiger partial charge in [0.15, 0.2) is 6.10 Å². The second-order valence-corrected chi connectivity index (χ2v) is 12.1. The molecular formula is C29H43N3O3. The van der Waals surface area contributed by atoms with Gasteiger partial charge in [-0.25, -0.2) is 4.79 Å². The smallest absolute Gasteiger partial charge is 0.337 e. The minimum Gasteiger partial charge on any atom is -0.479 e. The lowest BCUT2D eigenvalue weighted by molar-refractivity contribution is -0.160. The van der Waals surface area contributed by atoms with Crippen LogP contribution in [0.15, 0.2) is 24.7 Å². The number of rotatable bonds is 8. The Hall–Kier alpha value is -2.47. The van der Waals surface area contributed by atoms with Crippen LogP contribution in [0.25, 0.3) is 11.1 Å². The average Bonchev–Trinajstić information content (AvgIpc) is 2.75. The molecule has 0 aliphatic carbocycles. The zero-order chi connectivity index (χ0) is 26.0. The fourth-order valence-corrected chi connectivity index (χ4v) is 4.62. The minimum absolute atomic E-state index is 0.269. The number of aromatic nitrogens is 2. The number of piperidine rings is 1. The van der Waals surface area contributed by atoms with Gasteiger partial charge in [0.05, 0.1) is 11.3 Å². The molecule has 2 aromatic rings. The fourth-order valence-electron chi connectivity index (χ4n) is 4.62. The van der Waals surface area contributed by atoms with Gasteiger partial charge in [0.25, 0.3) is 0 Å². The van der Waals surface area contributed by atoms with E-state index in [4.69, 9.17) is 4.74 Å². The van der Waals surface area contributed by atoms with Crippen LogP contribution in [0.2, 0.25) is 0 Å². The largest absolute Gasteiger partial charge is 0.479 e. The maximum absolute atomic E-state index is 12.5. The predicted molar refractivity (Wildman–Crippen MR) is 142 cm³/mol. The minimum atomic E-state index is -1.11. The fraction of sp³-hybridized carbons (Fsp3) is 0.621. The third-order valence-corrected chi connectivity index (χ3v) is 6.79. The molecule has 192 valence electrons. The quantitative estimate of drug-likeness (QED) is 0.457. The van der Waals surface area contributed by atoms with Crippen molar-refractivity contribution >= 4 is 11.7 Å². The van der Waals surface area contributed by atoms with E-state index in [2.05, 4.69) is 48.6 Å². The van der Waals surface area contributed by atoms with Crippen LogP contribution in [0.1, 0.15) is 90.7 Å². The van der Waals surface area contributed by atoms with Crippen molar-refractivity contribution in [2.24, 2.45) is 11.3 Å². The number of nitrogens with zero attached hydrogens (tertiary/aromatic N) is 3. The van der Waals surface area contributed by atoms with Gasteiger partial charge in [-0.05, 0) is 76.3 Å². The zero-order valence-corrected chi connectivity index (χ0v) is 22.8. The number of carboxylic acids is 1. The van der Waals surface area contributed by atoms with Gasteiger partial charge in [0.2, 0.25) is 0 Å². The summed E-state index contributed by atoms with van der Waals surface area (Å²) >= 11 is 0. The number of carboxylic acid groups (broad SMARTS) is 1. The Labute approximate surface area is 211 Å². The number of ether oxygens (including phenoxy) is 1. The Bertz CT molecular complexity index is 1030. The molecule has 1 atom stereocenters. The first-order valence-electron chi connectivity index (χ1n) is 12.9. The molecule has 0 amide bonds. The highest BCUT2D eigenvalue weighted by Gasteiger charge is 2.35. The number of hydrogen-bond donors (Lipinski definition) is 1.